The second kappa shape index (κ2) is 7.34. The molecule has 0 saturated carbocycles. The Balaban J connectivity index is 2.09. The summed E-state index contributed by atoms with van der Waals surface area (Å²) in [6, 6.07) is 11.5. The maximum atomic E-state index is 12.6. The first-order valence-electron chi connectivity index (χ1n) is 7.29. The molecule has 2 aromatic carbocycles. The molecule has 0 saturated heterocycles. The first-order valence-corrected chi connectivity index (χ1v) is 9.11. The lowest BCUT2D eigenvalue weighted by Crippen LogP contribution is -2.35. The molecule has 0 aromatic heterocycles. The van der Waals surface area contributed by atoms with Crippen LogP contribution in [0.4, 0.5) is 5.69 Å². The summed E-state index contributed by atoms with van der Waals surface area (Å²) < 4.78 is 26.1. The minimum atomic E-state index is -3.72. The molecular formula is C17H19ClN2O3S. The number of carbonyl (C=O) groups is 1. The SMILES string of the molecule is Cc1ccc(S(=O)(=O)N(C)CC(=O)Nc2ccc(Cl)cc2)cc1C. The number of anilines is 1. The Morgan fingerprint density at radius 2 is 1.71 bits per heavy atom. The van der Waals surface area contributed by atoms with E-state index in [9.17, 15) is 13.2 Å². The molecule has 0 fully saturated rings. The number of amides is 1. The molecular weight excluding hydrogens is 348 g/mol. The van der Waals surface area contributed by atoms with E-state index in [1.54, 1.807) is 42.5 Å². The van der Waals surface area contributed by atoms with Crippen LogP contribution in [0.25, 0.3) is 0 Å². The van der Waals surface area contributed by atoms with Crippen molar-refractivity contribution in [3.8, 4) is 0 Å². The number of nitrogens with zero attached hydrogens (tertiary/aromatic N) is 1. The first kappa shape index (κ1) is 18.4. The van der Waals surface area contributed by atoms with Crippen LogP contribution in [-0.2, 0) is 14.8 Å². The summed E-state index contributed by atoms with van der Waals surface area (Å²) in [5.74, 6) is -0.424. The number of rotatable bonds is 5. The van der Waals surface area contributed by atoms with Gasteiger partial charge in [0.15, 0.2) is 0 Å². The zero-order valence-corrected chi connectivity index (χ0v) is 15.3. The molecule has 128 valence electrons. The van der Waals surface area contributed by atoms with Gasteiger partial charge >= 0.3 is 0 Å². The zero-order chi connectivity index (χ0) is 17.9. The minimum absolute atomic E-state index is 0.174. The van der Waals surface area contributed by atoms with Crippen LogP contribution in [0.2, 0.25) is 5.02 Å². The van der Waals surface area contributed by atoms with E-state index < -0.39 is 15.9 Å². The van der Waals surface area contributed by atoms with E-state index in [0.717, 1.165) is 15.4 Å². The average Bonchev–Trinajstić information content (AvgIpc) is 2.52. The van der Waals surface area contributed by atoms with Crippen molar-refractivity contribution in [3.05, 3.63) is 58.6 Å². The summed E-state index contributed by atoms with van der Waals surface area (Å²) >= 11 is 5.78. The standard InChI is InChI=1S/C17H19ClN2O3S/c1-12-4-9-16(10-13(12)2)24(22,23)20(3)11-17(21)19-15-7-5-14(18)6-8-15/h4-10H,11H2,1-3H3,(H,19,21). The van der Waals surface area contributed by atoms with Crippen LogP contribution < -0.4 is 5.32 Å². The number of sulfonamides is 1. The molecule has 0 radical (unpaired) electrons. The van der Waals surface area contributed by atoms with Gasteiger partial charge in [-0.2, -0.15) is 4.31 Å². The number of nitrogens with one attached hydrogen (secondary N) is 1. The van der Waals surface area contributed by atoms with Gasteiger partial charge in [-0.05, 0) is 61.4 Å². The predicted octanol–water partition coefficient (Wildman–Crippen LogP) is 3.22. The number of halogens is 1. The van der Waals surface area contributed by atoms with Crippen LogP contribution >= 0.6 is 11.6 Å². The third kappa shape index (κ3) is 4.35. The van der Waals surface area contributed by atoms with Crippen molar-refractivity contribution in [1.29, 1.82) is 0 Å². The molecule has 0 aliphatic carbocycles. The molecule has 5 nitrogen and oxygen atoms in total. The molecule has 0 aliphatic heterocycles. The third-order valence-electron chi connectivity index (χ3n) is 3.68. The summed E-state index contributed by atoms with van der Waals surface area (Å²) in [7, 11) is -2.34. The van der Waals surface area contributed by atoms with Crippen LogP contribution in [0, 0.1) is 13.8 Å². The number of hydrogen-bond acceptors (Lipinski definition) is 3. The van der Waals surface area contributed by atoms with Crippen molar-refractivity contribution in [2.24, 2.45) is 0 Å². The summed E-state index contributed by atoms with van der Waals surface area (Å²) in [5.41, 5.74) is 2.45. The van der Waals surface area contributed by atoms with Crippen molar-refractivity contribution in [3.63, 3.8) is 0 Å². The largest absolute Gasteiger partial charge is 0.325 e. The fraction of sp³-hybridized carbons (Fsp3) is 0.235. The average molecular weight is 367 g/mol. The summed E-state index contributed by atoms with van der Waals surface area (Å²) in [6.07, 6.45) is 0. The monoisotopic (exact) mass is 366 g/mol. The van der Waals surface area contributed by atoms with Gasteiger partial charge in [-0.1, -0.05) is 17.7 Å². The molecule has 0 unspecified atom stereocenters. The van der Waals surface area contributed by atoms with E-state index >= 15 is 0 Å². The number of benzene rings is 2. The van der Waals surface area contributed by atoms with Gasteiger partial charge in [0.25, 0.3) is 0 Å². The molecule has 1 N–H and O–H groups in total. The fourth-order valence-electron chi connectivity index (χ4n) is 2.08. The number of hydrogen-bond donors (Lipinski definition) is 1. The van der Waals surface area contributed by atoms with E-state index in [-0.39, 0.29) is 11.4 Å². The van der Waals surface area contributed by atoms with Gasteiger partial charge in [-0.3, -0.25) is 4.79 Å². The van der Waals surface area contributed by atoms with Crippen LogP contribution in [0.1, 0.15) is 11.1 Å². The van der Waals surface area contributed by atoms with Gasteiger partial charge in [-0.25, -0.2) is 8.42 Å². The van der Waals surface area contributed by atoms with Gasteiger partial charge < -0.3 is 5.32 Å². The molecule has 24 heavy (non-hydrogen) atoms. The smallest absolute Gasteiger partial charge is 0.243 e. The summed E-state index contributed by atoms with van der Waals surface area (Å²) in [6.45, 7) is 3.48. The maximum Gasteiger partial charge on any atom is 0.243 e. The van der Waals surface area contributed by atoms with Crippen molar-refractivity contribution >= 4 is 33.2 Å². The van der Waals surface area contributed by atoms with Gasteiger partial charge in [0.05, 0.1) is 11.4 Å². The van der Waals surface area contributed by atoms with Crippen molar-refractivity contribution in [1.82, 2.24) is 4.31 Å². The Labute approximate surface area is 147 Å². The van der Waals surface area contributed by atoms with Crippen molar-refractivity contribution < 1.29 is 13.2 Å². The number of likely N-dealkylation sites (N-methyl/N-ethyl adjacent to an activating group) is 1. The molecule has 1 amide bonds. The third-order valence-corrected chi connectivity index (χ3v) is 5.73. The van der Waals surface area contributed by atoms with Gasteiger partial charge in [0, 0.05) is 17.8 Å². The molecule has 7 heteroatoms. The van der Waals surface area contributed by atoms with Gasteiger partial charge in [-0.15, -0.1) is 0 Å². The zero-order valence-electron chi connectivity index (χ0n) is 13.7. The van der Waals surface area contributed by atoms with Crippen molar-refractivity contribution in [2.75, 3.05) is 18.9 Å². The van der Waals surface area contributed by atoms with E-state index in [0.29, 0.717) is 10.7 Å². The van der Waals surface area contributed by atoms with Crippen LogP contribution in [0.3, 0.4) is 0 Å². The summed E-state index contributed by atoms with van der Waals surface area (Å²) in [5, 5.41) is 3.20. The highest BCUT2D eigenvalue weighted by atomic mass is 35.5. The highest BCUT2D eigenvalue weighted by Gasteiger charge is 2.23. The highest BCUT2D eigenvalue weighted by molar-refractivity contribution is 7.89. The van der Waals surface area contributed by atoms with Gasteiger partial charge in [0.1, 0.15) is 0 Å². The minimum Gasteiger partial charge on any atom is -0.325 e. The van der Waals surface area contributed by atoms with Crippen molar-refractivity contribution in [2.45, 2.75) is 18.7 Å². The quantitative estimate of drug-likeness (QED) is 0.883. The Hall–Kier alpha value is -1.89. The Morgan fingerprint density at radius 3 is 2.29 bits per heavy atom. The van der Waals surface area contributed by atoms with E-state index in [1.165, 1.54) is 7.05 Å². The molecule has 0 heterocycles. The van der Waals surface area contributed by atoms with Gasteiger partial charge in [0.2, 0.25) is 15.9 Å². The number of aryl methyl sites for hydroxylation is 2. The topological polar surface area (TPSA) is 66.5 Å². The first-order chi connectivity index (χ1) is 11.2. The second-order valence-electron chi connectivity index (χ2n) is 5.56. The maximum absolute atomic E-state index is 12.6. The predicted molar refractivity (Wildman–Crippen MR) is 95.8 cm³/mol. The van der Waals surface area contributed by atoms with E-state index in [2.05, 4.69) is 5.32 Å². The molecule has 0 atom stereocenters. The Bertz CT molecular complexity index is 849. The number of carbonyl (C=O) groups excluding carboxylic acids is 1. The van der Waals surface area contributed by atoms with E-state index in [4.69, 9.17) is 11.6 Å². The van der Waals surface area contributed by atoms with Crippen LogP contribution in [-0.4, -0.2) is 32.2 Å². The highest BCUT2D eigenvalue weighted by Crippen LogP contribution is 2.18. The molecule has 2 aromatic rings. The van der Waals surface area contributed by atoms with Crippen LogP contribution in [0.5, 0.6) is 0 Å². The lowest BCUT2D eigenvalue weighted by Gasteiger charge is -2.17. The lowest BCUT2D eigenvalue weighted by molar-refractivity contribution is -0.116. The molecule has 0 aliphatic rings. The summed E-state index contributed by atoms with van der Waals surface area (Å²) in [4.78, 5) is 12.2. The molecule has 0 spiro atoms. The Kier molecular flexibility index (Phi) is 5.64. The fourth-order valence-corrected chi connectivity index (χ4v) is 3.41. The normalized spacial score (nSPS) is 11.5. The Morgan fingerprint density at radius 1 is 1.08 bits per heavy atom. The van der Waals surface area contributed by atoms with Crippen LogP contribution in [0.15, 0.2) is 47.4 Å². The van der Waals surface area contributed by atoms with E-state index in [1.807, 2.05) is 13.8 Å². The lowest BCUT2D eigenvalue weighted by atomic mass is 10.1. The second-order valence-corrected chi connectivity index (χ2v) is 8.04. The molecule has 0 bridgehead atoms. The molecule has 2 rings (SSSR count).